The van der Waals surface area contributed by atoms with Gasteiger partial charge in [-0.25, -0.2) is 4.68 Å². The molecule has 1 aliphatic heterocycles. The number of hydrogen-bond acceptors (Lipinski definition) is 4. The lowest BCUT2D eigenvalue weighted by Crippen LogP contribution is -2.51. The predicted octanol–water partition coefficient (Wildman–Crippen LogP) is 3.13. The van der Waals surface area contributed by atoms with Crippen LogP contribution in [0.4, 0.5) is 5.69 Å². The number of nitrogens with zero attached hydrogens (tertiary/aromatic N) is 4. The standard InChI is InChI=1S/C24H26N4O2/c1-18-8-10-20(11-9-18)22-12-13-23(29)28(25-22)19(2)24(30)27-16-14-26(15-17-27)21-6-4-3-5-7-21/h3-13,19H,14-17H2,1-2H3. The number of rotatable bonds is 4. The zero-order valence-corrected chi connectivity index (χ0v) is 17.4. The Balaban J connectivity index is 1.48. The molecule has 0 saturated carbocycles. The van der Waals surface area contributed by atoms with E-state index in [0.29, 0.717) is 18.8 Å². The van der Waals surface area contributed by atoms with E-state index in [0.717, 1.165) is 24.2 Å². The number of carbonyl (C=O) groups excluding carboxylic acids is 1. The second kappa shape index (κ2) is 8.53. The van der Waals surface area contributed by atoms with E-state index in [1.807, 2.05) is 54.3 Å². The Morgan fingerprint density at radius 1 is 0.900 bits per heavy atom. The first-order valence-corrected chi connectivity index (χ1v) is 10.3. The predicted molar refractivity (Wildman–Crippen MR) is 119 cm³/mol. The maximum atomic E-state index is 13.1. The van der Waals surface area contributed by atoms with Gasteiger partial charge in [0.25, 0.3) is 5.56 Å². The van der Waals surface area contributed by atoms with Gasteiger partial charge in [0, 0.05) is 43.5 Å². The van der Waals surface area contributed by atoms with E-state index in [1.54, 1.807) is 13.0 Å². The van der Waals surface area contributed by atoms with Crippen molar-refractivity contribution in [1.82, 2.24) is 14.7 Å². The van der Waals surface area contributed by atoms with Crippen molar-refractivity contribution in [3.05, 3.63) is 82.6 Å². The van der Waals surface area contributed by atoms with E-state index >= 15 is 0 Å². The molecule has 2 heterocycles. The number of carbonyl (C=O) groups is 1. The SMILES string of the molecule is Cc1ccc(-c2ccc(=O)n(C(C)C(=O)N3CCN(c4ccccc4)CC3)n2)cc1. The van der Waals surface area contributed by atoms with Gasteiger partial charge in [0.1, 0.15) is 6.04 Å². The lowest BCUT2D eigenvalue weighted by atomic mass is 10.1. The van der Waals surface area contributed by atoms with Crippen LogP contribution >= 0.6 is 0 Å². The highest BCUT2D eigenvalue weighted by Crippen LogP contribution is 2.19. The number of piperazine rings is 1. The molecule has 3 aromatic rings. The smallest absolute Gasteiger partial charge is 0.267 e. The highest BCUT2D eigenvalue weighted by Gasteiger charge is 2.27. The molecule has 0 bridgehead atoms. The van der Waals surface area contributed by atoms with E-state index < -0.39 is 6.04 Å². The van der Waals surface area contributed by atoms with E-state index in [2.05, 4.69) is 22.1 Å². The molecule has 1 aliphatic rings. The zero-order valence-electron chi connectivity index (χ0n) is 17.4. The average molecular weight is 402 g/mol. The molecule has 0 radical (unpaired) electrons. The van der Waals surface area contributed by atoms with Crippen molar-refractivity contribution in [3.8, 4) is 11.3 Å². The van der Waals surface area contributed by atoms with E-state index in [1.165, 1.54) is 16.4 Å². The molecule has 1 aromatic heterocycles. The molecule has 154 valence electrons. The van der Waals surface area contributed by atoms with Gasteiger partial charge in [-0.05, 0) is 32.0 Å². The molecule has 0 spiro atoms. The molecule has 1 unspecified atom stereocenters. The summed E-state index contributed by atoms with van der Waals surface area (Å²) in [6.07, 6.45) is 0. The minimum Gasteiger partial charge on any atom is -0.368 e. The summed E-state index contributed by atoms with van der Waals surface area (Å²) in [6, 6.07) is 20.7. The van der Waals surface area contributed by atoms with Crippen LogP contribution in [-0.2, 0) is 4.79 Å². The number of anilines is 1. The first-order valence-electron chi connectivity index (χ1n) is 10.3. The fourth-order valence-electron chi connectivity index (χ4n) is 3.77. The third kappa shape index (κ3) is 4.13. The van der Waals surface area contributed by atoms with Gasteiger partial charge >= 0.3 is 0 Å². The number of hydrogen-bond donors (Lipinski definition) is 0. The average Bonchev–Trinajstić information content (AvgIpc) is 2.80. The van der Waals surface area contributed by atoms with Crippen LogP contribution in [0.2, 0.25) is 0 Å². The summed E-state index contributed by atoms with van der Waals surface area (Å²) < 4.78 is 1.31. The van der Waals surface area contributed by atoms with Crippen molar-refractivity contribution in [2.75, 3.05) is 31.1 Å². The molecule has 4 rings (SSSR count). The summed E-state index contributed by atoms with van der Waals surface area (Å²) in [5.74, 6) is -0.0710. The molecule has 1 saturated heterocycles. The van der Waals surface area contributed by atoms with Gasteiger partial charge in [-0.2, -0.15) is 5.10 Å². The van der Waals surface area contributed by atoms with E-state index in [-0.39, 0.29) is 11.5 Å². The number of benzene rings is 2. The Morgan fingerprint density at radius 3 is 2.23 bits per heavy atom. The maximum Gasteiger partial charge on any atom is 0.267 e. The molecule has 1 atom stereocenters. The summed E-state index contributed by atoms with van der Waals surface area (Å²) in [7, 11) is 0. The number of amides is 1. The number of aromatic nitrogens is 2. The summed E-state index contributed by atoms with van der Waals surface area (Å²) >= 11 is 0. The first kappa shape index (κ1) is 19.9. The molecule has 0 aliphatic carbocycles. The molecule has 1 amide bonds. The van der Waals surface area contributed by atoms with E-state index in [9.17, 15) is 9.59 Å². The molecule has 30 heavy (non-hydrogen) atoms. The topological polar surface area (TPSA) is 58.4 Å². The Morgan fingerprint density at radius 2 is 1.57 bits per heavy atom. The van der Waals surface area contributed by atoms with Crippen molar-refractivity contribution in [2.45, 2.75) is 19.9 Å². The minimum atomic E-state index is -0.647. The van der Waals surface area contributed by atoms with Gasteiger partial charge in [-0.1, -0.05) is 48.0 Å². The van der Waals surface area contributed by atoms with Crippen LogP contribution in [-0.4, -0.2) is 46.8 Å². The fourth-order valence-corrected chi connectivity index (χ4v) is 3.77. The highest BCUT2D eigenvalue weighted by atomic mass is 16.2. The van der Waals surface area contributed by atoms with Crippen molar-refractivity contribution >= 4 is 11.6 Å². The van der Waals surface area contributed by atoms with Crippen LogP contribution in [0.25, 0.3) is 11.3 Å². The normalized spacial score (nSPS) is 15.1. The lowest BCUT2D eigenvalue weighted by molar-refractivity contribution is -0.135. The fraction of sp³-hybridized carbons (Fsp3) is 0.292. The second-order valence-corrected chi connectivity index (χ2v) is 7.69. The third-order valence-corrected chi connectivity index (χ3v) is 5.61. The first-order chi connectivity index (χ1) is 14.5. The van der Waals surface area contributed by atoms with Crippen LogP contribution in [0.1, 0.15) is 18.5 Å². The molecule has 2 aromatic carbocycles. The number of para-hydroxylation sites is 1. The molecular formula is C24H26N4O2. The monoisotopic (exact) mass is 402 g/mol. The van der Waals surface area contributed by atoms with Crippen molar-refractivity contribution < 1.29 is 4.79 Å². The van der Waals surface area contributed by atoms with Gasteiger partial charge in [-0.15, -0.1) is 0 Å². The lowest BCUT2D eigenvalue weighted by Gasteiger charge is -2.37. The summed E-state index contributed by atoms with van der Waals surface area (Å²) in [6.45, 7) is 6.58. The Bertz CT molecular complexity index is 1070. The minimum absolute atomic E-state index is 0.0710. The largest absolute Gasteiger partial charge is 0.368 e. The van der Waals surface area contributed by atoms with Gasteiger partial charge in [0.15, 0.2) is 0 Å². The van der Waals surface area contributed by atoms with Crippen LogP contribution in [0.5, 0.6) is 0 Å². The van der Waals surface area contributed by atoms with Crippen molar-refractivity contribution in [3.63, 3.8) is 0 Å². The molecule has 6 nitrogen and oxygen atoms in total. The summed E-state index contributed by atoms with van der Waals surface area (Å²) in [5.41, 5.74) is 3.66. The van der Waals surface area contributed by atoms with Crippen LogP contribution < -0.4 is 10.5 Å². The Hall–Kier alpha value is -3.41. The maximum absolute atomic E-state index is 13.1. The summed E-state index contributed by atoms with van der Waals surface area (Å²) in [4.78, 5) is 29.6. The third-order valence-electron chi connectivity index (χ3n) is 5.61. The Kier molecular flexibility index (Phi) is 5.65. The second-order valence-electron chi connectivity index (χ2n) is 7.69. The molecule has 0 N–H and O–H groups in total. The Labute approximate surface area is 176 Å². The van der Waals surface area contributed by atoms with Gasteiger partial charge in [0.05, 0.1) is 5.69 Å². The summed E-state index contributed by atoms with van der Waals surface area (Å²) in [5, 5.41) is 4.50. The van der Waals surface area contributed by atoms with E-state index in [4.69, 9.17) is 0 Å². The van der Waals surface area contributed by atoms with Crippen molar-refractivity contribution in [2.24, 2.45) is 0 Å². The number of aryl methyl sites for hydroxylation is 1. The molecular weight excluding hydrogens is 376 g/mol. The van der Waals surface area contributed by atoms with Gasteiger partial charge in [-0.3, -0.25) is 9.59 Å². The van der Waals surface area contributed by atoms with Crippen LogP contribution in [0.15, 0.2) is 71.5 Å². The van der Waals surface area contributed by atoms with Gasteiger partial charge in [0.2, 0.25) is 5.91 Å². The quantitative estimate of drug-likeness (QED) is 0.673. The highest BCUT2D eigenvalue weighted by molar-refractivity contribution is 5.80. The van der Waals surface area contributed by atoms with Crippen LogP contribution in [0.3, 0.4) is 0 Å². The van der Waals surface area contributed by atoms with Crippen LogP contribution in [0, 0.1) is 6.92 Å². The molecule has 1 fully saturated rings. The van der Waals surface area contributed by atoms with Gasteiger partial charge < -0.3 is 9.80 Å². The van der Waals surface area contributed by atoms with Crippen molar-refractivity contribution in [1.29, 1.82) is 0 Å². The molecule has 6 heteroatoms. The zero-order chi connectivity index (χ0) is 21.1.